The van der Waals surface area contributed by atoms with Crippen LogP contribution in [0, 0.1) is 3.57 Å². The maximum absolute atomic E-state index is 6.19. The predicted octanol–water partition coefficient (Wildman–Crippen LogP) is 4.16. The van der Waals surface area contributed by atoms with Gasteiger partial charge in [-0.2, -0.15) is 5.10 Å². The third kappa shape index (κ3) is 2.29. The molecular formula is C15H19IN2O. The van der Waals surface area contributed by atoms with Crippen molar-refractivity contribution in [3.05, 3.63) is 28.0 Å². The third-order valence-electron chi connectivity index (χ3n) is 3.88. The molecule has 1 aliphatic heterocycles. The number of nitrogens with zero attached hydrogens (tertiary/aromatic N) is 2. The fraction of sp³-hybridized carbons (Fsp3) is 0.533. The fourth-order valence-electron chi connectivity index (χ4n) is 3.17. The number of aromatic nitrogens is 2. The normalized spacial score (nSPS) is 25.0. The largest absolute Gasteiger partial charge is 0.367 e. The van der Waals surface area contributed by atoms with Crippen LogP contribution >= 0.6 is 22.6 Å². The topological polar surface area (TPSA) is 27.1 Å². The lowest BCUT2D eigenvalue weighted by molar-refractivity contribution is -0.0734. The van der Waals surface area contributed by atoms with Crippen LogP contribution in [0.25, 0.3) is 10.9 Å². The number of benzene rings is 1. The van der Waals surface area contributed by atoms with Crippen molar-refractivity contribution in [2.24, 2.45) is 0 Å². The maximum Gasteiger partial charge on any atom is 0.0858 e. The molecule has 1 fully saturated rings. The third-order valence-corrected chi connectivity index (χ3v) is 4.55. The van der Waals surface area contributed by atoms with Crippen LogP contribution < -0.4 is 0 Å². The van der Waals surface area contributed by atoms with Gasteiger partial charge in [-0.15, -0.1) is 0 Å². The molecule has 1 aromatic heterocycles. The quantitative estimate of drug-likeness (QED) is 0.705. The molecule has 2 aromatic rings. The molecule has 102 valence electrons. The van der Waals surface area contributed by atoms with Crippen molar-refractivity contribution in [1.82, 2.24) is 9.78 Å². The fourth-order valence-corrected chi connectivity index (χ4v) is 3.65. The number of hydrogen-bond donors (Lipinski definition) is 0. The van der Waals surface area contributed by atoms with Crippen LogP contribution in [0.2, 0.25) is 0 Å². The van der Waals surface area contributed by atoms with Crippen molar-refractivity contribution in [1.29, 1.82) is 0 Å². The minimum Gasteiger partial charge on any atom is -0.367 e. The van der Waals surface area contributed by atoms with E-state index < -0.39 is 0 Å². The van der Waals surface area contributed by atoms with Crippen molar-refractivity contribution in [3.63, 3.8) is 0 Å². The van der Waals surface area contributed by atoms with Gasteiger partial charge in [-0.3, -0.25) is 4.68 Å². The van der Waals surface area contributed by atoms with Crippen molar-refractivity contribution in [2.75, 3.05) is 0 Å². The molecule has 0 amide bonds. The number of ether oxygens (including phenoxy) is 1. The zero-order valence-electron chi connectivity index (χ0n) is 11.8. The molecule has 2 heterocycles. The molecule has 0 saturated carbocycles. The molecule has 0 bridgehead atoms. The summed E-state index contributed by atoms with van der Waals surface area (Å²) in [5, 5.41) is 5.81. The highest BCUT2D eigenvalue weighted by Gasteiger charge is 2.47. The van der Waals surface area contributed by atoms with Crippen molar-refractivity contribution < 1.29 is 4.74 Å². The zero-order valence-corrected chi connectivity index (χ0v) is 13.9. The Kier molecular flexibility index (Phi) is 2.94. The minimum atomic E-state index is -0.191. The Morgan fingerprint density at radius 3 is 2.68 bits per heavy atom. The van der Waals surface area contributed by atoms with Gasteiger partial charge in [0.1, 0.15) is 0 Å². The van der Waals surface area contributed by atoms with Crippen molar-refractivity contribution in [3.8, 4) is 0 Å². The van der Waals surface area contributed by atoms with Gasteiger partial charge < -0.3 is 4.74 Å². The van der Waals surface area contributed by atoms with E-state index in [0.29, 0.717) is 0 Å². The Morgan fingerprint density at radius 1 is 1.32 bits per heavy atom. The van der Waals surface area contributed by atoms with Gasteiger partial charge in [-0.05, 0) is 62.4 Å². The van der Waals surface area contributed by atoms with E-state index in [4.69, 9.17) is 4.74 Å². The first-order valence-electron chi connectivity index (χ1n) is 6.61. The molecule has 1 atom stereocenters. The summed E-state index contributed by atoms with van der Waals surface area (Å²) in [6.45, 7) is 8.63. The molecular weight excluding hydrogens is 351 g/mol. The lowest BCUT2D eigenvalue weighted by Gasteiger charge is -2.27. The van der Waals surface area contributed by atoms with Gasteiger partial charge in [0.15, 0.2) is 0 Å². The summed E-state index contributed by atoms with van der Waals surface area (Å²) >= 11 is 2.35. The summed E-state index contributed by atoms with van der Waals surface area (Å²) in [5.74, 6) is 0. The summed E-state index contributed by atoms with van der Waals surface area (Å²) in [5.41, 5.74) is 0.921. The number of hydrogen-bond acceptors (Lipinski definition) is 2. The predicted molar refractivity (Wildman–Crippen MR) is 85.3 cm³/mol. The molecule has 1 unspecified atom stereocenters. The molecule has 0 spiro atoms. The zero-order chi connectivity index (χ0) is 13.8. The average Bonchev–Trinajstić information content (AvgIpc) is 2.75. The highest BCUT2D eigenvalue weighted by Crippen LogP contribution is 2.45. The molecule has 1 saturated heterocycles. The second-order valence-electron chi connectivity index (χ2n) is 6.48. The molecule has 3 nitrogen and oxygen atoms in total. The number of halogens is 1. The van der Waals surface area contributed by atoms with E-state index >= 15 is 0 Å². The van der Waals surface area contributed by atoms with E-state index in [2.05, 4.69) is 78.3 Å². The minimum absolute atomic E-state index is 0.0889. The van der Waals surface area contributed by atoms with Crippen LogP contribution in [0.5, 0.6) is 0 Å². The smallest absolute Gasteiger partial charge is 0.0858 e. The summed E-state index contributed by atoms with van der Waals surface area (Å²) in [7, 11) is 0. The van der Waals surface area contributed by atoms with Crippen LogP contribution in [0.15, 0.2) is 24.4 Å². The number of rotatable bonds is 1. The highest BCUT2D eigenvalue weighted by atomic mass is 127. The lowest BCUT2D eigenvalue weighted by atomic mass is 9.94. The Labute approximate surface area is 127 Å². The van der Waals surface area contributed by atoms with Gasteiger partial charge in [0.05, 0.1) is 29.0 Å². The monoisotopic (exact) mass is 370 g/mol. The molecule has 0 radical (unpaired) electrons. The number of fused-ring (bicyclic) bond motifs is 1. The molecule has 3 rings (SSSR count). The maximum atomic E-state index is 6.19. The molecule has 4 heteroatoms. The van der Waals surface area contributed by atoms with E-state index in [1.807, 2.05) is 6.20 Å². The van der Waals surface area contributed by atoms with E-state index in [0.717, 1.165) is 6.42 Å². The molecule has 1 aromatic carbocycles. The van der Waals surface area contributed by atoms with Gasteiger partial charge in [-0.1, -0.05) is 6.07 Å². The molecule has 0 N–H and O–H groups in total. The Hall–Kier alpha value is -0.620. The first-order valence-corrected chi connectivity index (χ1v) is 7.69. The molecule has 1 aliphatic rings. The van der Waals surface area contributed by atoms with Gasteiger partial charge >= 0.3 is 0 Å². The lowest BCUT2D eigenvalue weighted by Crippen LogP contribution is -2.31. The van der Waals surface area contributed by atoms with Crippen LogP contribution in [0.3, 0.4) is 0 Å². The average molecular weight is 370 g/mol. The van der Waals surface area contributed by atoms with Crippen molar-refractivity contribution >= 4 is 33.5 Å². The van der Waals surface area contributed by atoms with Crippen LogP contribution in [0.1, 0.15) is 40.2 Å². The van der Waals surface area contributed by atoms with Gasteiger partial charge in [0, 0.05) is 15.4 Å². The summed E-state index contributed by atoms with van der Waals surface area (Å²) in [6, 6.07) is 6.73. The van der Waals surface area contributed by atoms with Crippen LogP contribution in [-0.4, -0.2) is 21.0 Å². The standard InChI is InChI=1S/C15H19IN2O/c1-14(2)8-13(15(3,4)19-14)18-12-7-11(16)6-5-10(12)9-17-18/h5-7,9,13H,8H2,1-4H3. The van der Waals surface area contributed by atoms with E-state index in [1.54, 1.807) is 0 Å². The van der Waals surface area contributed by atoms with Crippen LogP contribution in [0.4, 0.5) is 0 Å². The molecule has 0 aliphatic carbocycles. The first kappa shape index (κ1) is 13.4. The SMILES string of the molecule is CC1(C)CC(n2ncc3ccc(I)cc32)C(C)(C)O1. The second-order valence-corrected chi connectivity index (χ2v) is 7.72. The van der Waals surface area contributed by atoms with Gasteiger partial charge in [-0.25, -0.2) is 0 Å². The van der Waals surface area contributed by atoms with Crippen molar-refractivity contribution in [2.45, 2.75) is 51.4 Å². The molecule has 19 heavy (non-hydrogen) atoms. The van der Waals surface area contributed by atoms with Gasteiger partial charge in [0.2, 0.25) is 0 Å². The van der Waals surface area contributed by atoms with Crippen LogP contribution in [-0.2, 0) is 4.74 Å². The van der Waals surface area contributed by atoms with Gasteiger partial charge in [0.25, 0.3) is 0 Å². The summed E-state index contributed by atoms with van der Waals surface area (Å²) < 4.78 is 9.57. The van der Waals surface area contributed by atoms with E-state index in [9.17, 15) is 0 Å². The highest BCUT2D eigenvalue weighted by molar-refractivity contribution is 14.1. The van der Waals surface area contributed by atoms with E-state index in [-0.39, 0.29) is 17.2 Å². The Bertz CT molecular complexity index is 630. The summed E-state index contributed by atoms with van der Waals surface area (Å²) in [6.07, 6.45) is 2.94. The summed E-state index contributed by atoms with van der Waals surface area (Å²) in [4.78, 5) is 0. The Balaban J connectivity index is 2.12. The second kappa shape index (κ2) is 4.19. The first-order chi connectivity index (χ1) is 8.78. The van der Waals surface area contributed by atoms with E-state index in [1.165, 1.54) is 14.5 Å². The Morgan fingerprint density at radius 2 is 2.05 bits per heavy atom.